The van der Waals surface area contributed by atoms with Crippen LogP contribution in [0.3, 0.4) is 0 Å². The minimum Gasteiger partial charge on any atom is -0.497 e. The van der Waals surface area contributed by atoms with Gasteiger partial charge in [0.05, 0.1) is 16.9 Å². The monoisotopic (exact) mass is 448 g/mol. The van der Waals surface area contributed by atoms with Crippen LogP contribution in [0.1, 0.15) is 5.56 Å². The fourth-order valence-electron chi connectivity index (χ4n) is 2.48. The first kappa shape index (κ1) is 21.2. The fourth-order valence-corrected chi connectivity index (χ4v) is 4.80. The molecule has 1 amide bonds. The molecule has 9 heteroatoms. The normalized spacial score (nSPS) is 17.2. The Morgan fingerprint density at radius 2 is 1.83 bits per heavy atom. The number of thioether (sulfide) groups is 1. The van der Waals surface area contributed by atoms with Crippen LogP contribution in [0.15, 0.2) is 75.4 Å². The van der Waals surface area contributed by atoms with Crippen molar-refractivity contribution in [3.05, 3.63) is 76.7 Å². The van der Waals surface area contributed by atoms with E-state index in [2.05, 4.69) is 11.0 Å². The fraction of sp³-hybridized carbons (Fsp3) is 0.100. The number of amides is 1. The van der Waals surface area contributed by atoms with Crippen LogP contribution in [-0.4, -0.2) is 38.0 Å². The maximum Gasteiger partial charge on any atom is 0.284 e. The maximum atomic E-state index is 12.8. The van der Waals surface area contributed by atoms with Crippen LogP contribution >= 0.6 is 23.4 Å². The molecular weight excluding hydrogens is 432 g/mol. The first-order valence-corrected chi connectivity index (χ1v) is 11.0. The Bertz CT molecular complexity index is 1090. The Morgan fingerprint density at radius 3 is 2.41 bits per heavy atom. The van der Waals surface area contributed by atoms with Crippen molar-refractivity contribution in [1.29, 1.82) is 0 Å². The predicted octanol–water partition coefficient (Wildman–Crippen LogP) is 4.20. The average molecular weight is 449 g/mol. The van der Waals surface area contributed by atoms with Crippen molar-refractivity contribution in [3.8, 4) is 5.75 Å². The van der Waals surface area contributed by atoms with E-state index in [1.54, 1.807) is 37.5 Å². The second-order valence-corrected chi connectivity index (χ2v) is 8.94. The third kappa shape index (κ3) is 4.90. The lowest BCUT2D eigenvalue weighted by atomic mass is 10.2. The van der Waals surface area contributed by atoms with Gasteiger partial charge in [0, 0.05) is 11.6 Å². The summed E-state index contributed by atoms with van der Waals surface area (Å²) in [5.41, 5.74) is 0.780. The van der Waals surface area contributed by atoms with Crippen LogP contribution in [0, 0.1) is 0 Å². The topological polar surface area (TPSA) is 76.0 Å². The molecule has 0 unspecified atom stereocenters. The second-order valence-electron chi connectivity index (χ2n) is 5.89. The molecular formula is C20H17ClN2O4S2. The number of halogens is 1. The van der Waals surface area contributed by atoms with Crippen molar-refractivity contribution in [3.63, 3.8) is 0 Å². The van der Waals surface area contributed by atoms with Gasteiger partial charge in [-0.2, -0.15) is 8.42 Å². The summed E-state index contributed by atoms with van der Waals surface area (Å²) in [6, 6.07) is 12.8. The van der Waals surface area contributed by atoms with Gasteiger partial charge in [-0.25, -0.2) is 0 Å². The summed E-state index contributed by atoms with van der Waals surface area (Å²) in [6.45, 7) is 3.77. The molecule has 2 aromatic carbocycles. The van der Waals surface area contributed by atoms with E-state index in [-0.39, 0.29) is 22.5 Å². The molecule has 0 bridgehead atoms. The van der Waals surface area contributed by atoms with Gasteiger partial charge >= 0.3 is 0 Å². The standard InChI is InChI=1S/C20H17ClN2O4S2/c1-3-12-23-19(24)18(13-14-4-8-16(27-2)9-5-14)28-20(23)22-29(25,26)17-10-6-15(21)7-11-17/h3-11,13H,1,12H2,2H3/b18-13-,22-20+. The zero-order valence-corrected chi connectivity index (χ0v) is 17.8. The van der Waals surface area contributed by atoms with Gasteiger partial charge in [-0.1, -0.05) is 29.8 Å². The molecule has 3 rings (SSSR count). The quantitative estimate of drug-likeness (QED) is 0.489. The van der Waals surface area contributed by atoms with Crippen molar-refractivity contribution in [2.75, 3.05) is 13.7 Å². The number of amidine groups is 1. The van der Waals surface area contributed by atoms with Crippen molar-refractivity contribution in [1.82, 2.24) is 4.90 Å². The molecule has 0 radical (unpaired) electrons. The Balaban J connectivity index is 1.96. The number of ether oxygens (including phenoxy) is 1. The van der Waals surface area contributed by atoms with E-state index in [0.717, 1.165) is 17.3 Å². The third-order valence-corrected chi connectivity index (χ3v) is 6.58. The van der Waals surface area contributed by atoms with Gasteiger partial charge in [-0.05, 0) is 59.8 Å². The zero-order valence-electron chi connectivity index (χ0n) is 15.4. The van der Waals surface area contributed by atoms with Crippen LogP contribution in [-0.2, 0) is 14.8 Å². The van der Waals surface area contributed by atoms with E-state index in [1.807, 2.05) is 0 Å². The van der Waals surface area contributed by atoms with Crippen LogP contribution in [0.2, 0.25) is 5.02 Å². The molecule has 2 aromatic rings. The molecule has 1 fully saturated rings. The Labute approximate surface area is 178 Å². The summed E-state index contributed by atoms with van der Waals surface area (Å²) in [5, 5.41) is 0.490. The summed E-state index contributed by atoms with van der Waals surface area (Å²) >= 11 is 6.82. The Kier molecular flexibility index (Phi) is 6.46. The highest BCUT2D eigenvalue weighted by Crippen LogP contribution is 2.34. The first-order valence-electron chi connectivity index (χ1n) is 8.41. The number of carbonyl (C=O) groups is 1. The predicted molar refractivity (Wildman–Crippen MR) is 117 cm³/mol. The number of rotatable bonds is 6. The summed E-state index contributed by atoms with van der Waals surface area (Å²) in [7, 11) is -2.43. The molecule has 1 aliphatic heterocycles. The largest absolute Gasteiger partial charge is 0.497 e. The van der Waals surface area contributed by atoms with Crippen molar-refractivity contribution < 1.29 is 17.9 Å². The van der Waals surface area contributed by atoms with Gasteiger partial charge in [0.1, 0.15) is 5.75 Å². The van der Waals surface area contributed by atoms with E-state index < -0.39 is 10.0 Å². The summed E-state index contributed by atoms with van der Waals surface area (Å²) in [4.78, 5) is 14.4. The molecule has 0 saturated carbocycles. The van der Waals surface area contributed by atoms with Crippen LogP contribution in [0.25, 0.3) is 6.08 Å². The summed E-state index contributed by atoms with van der Waals surface area (Å²) < 4.78 is 34.3. The highest BCUT2D eigenvalue weighted by molar-refractivity contribution is 8.19. The van der Waals surface area contributed by atoms with E-state index in [1.165, 1.54) is 35.2 Å². The molecule has 150 valence electrons. The number of sulfonamides is 1. The van der Waals surface area contributed by atoms with Crippen LogP contribution in [0.4, 0.5) is 0 Å². The minimum absolute atomic E-state index is 0.00594. The number of benzene rings is 2. The lowest BCUT2D eigenvalue weighted by Crippen LogP contribution is -2.29. The molecule has 0 spiro atoms. The van der Waals surface area contributed by atoms with Gasteiger partial charge in [0.15, 0.2) is 5.17 Å². The molecule has 0 atom stereocenters. The SMILES string of the molecule is C=CCN1C(=O)/C(=C/c2ccc(OC)cc2)S/C1=N/S(=O)(=O)c1ccc(Cl)cc1. The van der Waals surface area contributed by atoms with Gasteiger partial charge < -0.3 is 4.74 Å². The number of methoxy groups -OCH3 is 1. The van der Waals surface area contributed by atoms with Gasteiger partial charge in [0.25, 0.3) is 15.9 Å². The number of carbonyl (C=O) groups excluding carboxylic acids is 1. The molecule has 0 N–H and O–H groups in total. The lowest BCUT2D eigenvalue weighted by Gasteiger charge is -2.12. The molecule has 1 aliphatic rings. The molecule has 1 heterocycles. The van der Waals surface area contributed by atoms with E-state index in [9.17, 15) is 13.2 Å². The van der Waals surface area contributed by atoms with E-state index >= 15 is 0 Å². The highest BCUT2D eigenvalue weighted by atomic mass is 35.5. The first-order chi connectivity index (χ1) is 13.8. The maximum absolute atomic E-state index is 12.8. The van der Waals surface area contributed by atoms with Crippen LogP contribution < -0.4 is 4.74 Å². The second kappa shape index (κ2) is 8.86. The minimum atomic E-state index is -4.00. The van der Waals surface area contributed by atoms with Gasteiger partial charge in [-0.3, -0.25) is 9.69 Å². The summed E-state index contributed by atoms with van der Waals surface area (Å²) in [5.74, 6) is 0.359. The van der Waals surface area contributed by atoms with Crippen molar-refractivity contribution in [2.45, 2.75) is 4.90 Å². The molecule has 29 heavy (non-hydrogen) atoms. The Hall–Kier alpha value is -2.55. The van der Waals surface area contributed by atoms with Crippen molar-refractivity contribution >= 4 is 50.5 Å². The molecule has 1 saturated heterocycles. The Morgan fingerprint density at radius 1 is 1.17 bits per heavy atom. The van der Waals surface area contributed by atoms with Crippen LogP contribution in [0.5, 0.6) is 5.75 Å². The summed E-state index contributed by atoms with van der Waals surface area (Å²) in [6.07, 6.45) is 3.19. The molecule has 0 aliphatic carbocycles. The number of nitrogens with zero attached hydrogens (tertiary/aromatic N) is 2. The molecule has 6 nitrogen and oxygen atoms in total. The zero-order chi connectivity index (χ0) is 21.0. The van der Waals surface area contributed by atoms with E-state index in [0.29, 0.717) is 15.7 Å². The average Bonchev–Trinajstić information content (AvgIpc) is 2.97. The van der Waals surface area contributed by atoms with Crippen molar-refractivity contribution in [2.24, 2.45) is 4.40 Å². The lowest BCUT2D eigenvalue weighted by molar-refractivity contribution is -0.121. The van der Waals surface area contributed by atoms with Gasteiger partial charge in [0.2, 0.25) is 0 Å². The highest BCUT2D eigenvalue weighted by Gasteiger charge is 2.34. The third-order valence-electron chi connectivity index (χ3n) is 3.92. The molecule has 0 aromatic heterocycles. The number of hydrogen-bond donors (Lipinski definition) is 0. The van der Waals surface area contributed by atoms with E-state index in [4.69, 9.17) is 16.3 Å². The smallest absolute Gasteiger partial charge is 0.284 e. The van der Waals surface area contributed by atoms with Gasteiger partial charge in [-0.15, -0.1) is 11.0 Å². The number of hydrogen-bond acceptors (Lipinski definition) is 5.